The molecule has 3 aliphatic heterocycles. The van der Waals surface area contributed by atoms with Gasteiger partial charge in [-0.3, -0.25) is 9.69 Å². The van der Waals surface area contributed by atoms with Gasteiger partial charge in [-0.2, -0.15) is 0 Å². The predicted molar refractivity (Wildman–Crippen MR) is 92.3 cm³/mol. The number of nitrogens with zero attached hydrogens (tertiary/aromatic N) is 3. The first kappa shape index (κ1) is 15.9. The van der Waals surface area contributed by atoms with Gasteiger partial charge in [0.15, 0.2) is 0 Å². The molecule has 0 N–H and O–H groups in total. The van der Waals surface area contributed by atoms with Crippen molar-refractivity contribution in [1.82, 2.24) is 14.7 Å². The molecule has 1 spiro atoms. The van der Waals surface area contributed by atoms with E-state index in [9.17, 15) is 4.79 Å². The second-order valence-electron chi connectivity index (χ2n) is 8.74. The minimum absolute atomic E-state index is 0.254. The van der Waals surface area contributed by atoms with Gasteiger partial charge in [-0.1, -0.05) is 0 Å². The third kappa shape index (κ3) is 3.58. The smallest absolute Gasteiger partial charge is 0.219 e. The molecule has 0 aromatic rings. The molecular formula is C19H33N3O. The second kappa shape index (κ2) is 6.36. The fourth-order valence-electron chi connectivity index (χ4n) is 5.29. The normalized spacial score (nSPS) is 34.4. The Hall–Kier alpha value is -0.610. The maximum Gasteiger partial charge on any atom is 0.219 e. The van der Waals surface area contributed by atoms with Crippen LogP contribution in [0.4, 0.5) is 0 Å². The zero-order valence-electron chi connectivity index (χ0n) is 14.8. The van der Waals surface area contributed by atoms with E-state index < -0.39 is 0 Å². The SMILES string of the molecule is CC(=O)N1CCC(N2CCC3(CCCN(CC4CC4)C3)C2)CC1. The summed E-state index contributed by atoms with van der Waals surface area (Å²) >= 11 is 0. The number of piperidine rings is 2. The lowest BCUT2D eigenvalue weighted by atomic mass is 9.79. The van der Waals surface area contributed by atoms with E-state index in [-0.39, 0.29) is 5.91 Å². The molecule has 4 heteroatoms. The van der Waals surface area contributed by atoms with E-state index in [1.807, 2.05) is 4.90 Å². The zero-order valence-corrected chi connectivity index (χ0v) is 14.8. The summed E-state index contributed by atoms with van der Waals surface area (Å²) in [5.74, 6) is 1.28. The first-order chi connectivity index (χ1) is 11.1. The Kier molecular flexibility index (Phi) is 4.39. The summed E-state index contributed by atoms with van der Waals surface area (Å²) in [6.07, 6.45) is 9.57. The molecule has 0 aromatic carbocycles. The van der Waals surface area contributed by atoms with E-state index in [4.69, 9.17) is 0 Å². The number of carbonyl (C=O) groups is 1. The summed E-state index contributed by atoms with van der Waals surface area (Å²) in [5.41, 5.74) is 0.588. The molecule has 4 rings (SSSR count). The number of carbonyl (C=O) groups excluding carboxylic acids is 1. The Balaban J connectivity index is 1.30. The molecule has 23 heavy (non-hydrogen) atoms. The maximum absolute atomic E-state index is 11.5. The molecule has 130 valence electrons. The maximum atomic E-state index is 11.5. The van der Waals surface area contributed by atoms with Crippen LogP contribution >= 0.6 is 0 Å². The van der Waals surface area contributed by atoms with Gasteiger partial charge in [-0.05, 0) is 69.4 Å². The fraction of sp³-hybridized carbons (Fsp3) is 0.947. The van der Waals surface area contributed by atoms with Crippen LogP contribution in [0.2, 0.25) is 0 Å². The van der Waals surface area contributed by atoms with Gasteiger partial charge in [0.25, 0.3) is 0 Å². The van der Waals surface area contributed by atoms with E-state index in [2.05, 4.69) is 9.80 Å². The molecule has 1 atom stereocenters. The van der Waals surface area contributed by atoms with Crippen molar-refractivity contribution in [2.75, 3.05) is 45.8 Å². The molecule has 1 saturated carbocycles. The Bertz CT molecular complexity index is 442. The molecule has 1 unspecified atom stereocenters. The summed E-state index contributed by atoms with van der Waals surface area (Å²) in [4.78, 5) is 19.1. The summed E-state index contributed by atoms with van der Waals surface area (Å²) in [6, 6.07) is 0.726. The zero-order chi connectivity index (χ0) is 15.9. The van der Waals surface area contributed by atoms with Crippen LogP contribution in [-0.4, -0.2) is 72.5 Å². The molecular weight excluding hydrogens is 286 g/mol. The Labute approximate surface area is 141 Å². The van der Waals surface area contributed by atoms with Crippen LogP contribution in [0.15, 0.2) is 0 Å². The van der Waals surface area contributed by atoms with Crippen LogP contribution in [0.25, 0.3) is 0 Å². The Morgan fingerprint density at radius 3 is 2.48 bits per heavy atom. The number of rotatable bonds is 3. The van der Waals surface area contributed by atoms with Crippen molar-refractivity contribution < 1.29 is 4.79 Å². The van der Waals surface area contributed by atoms with Crippen molar-refractivity contribution >= 4 is 5.91 Å². The van der Waals surface area contributed by atoms with Crippen molar-refractivity contribution in [3.63, 3.8) is 0 Å². The Morgan fingerprint density at radius 1 is 1.00 bits per heavy atom. The minimum Gasteiger partial charge on any atom is -0.343 e. The largest absolute Gasteiger partial charge is 0.343 e. The molecule has 4 aliphatic rings. The van der Waals surface area contributed by atoms with Gasteiger partial charge in [-0.25, -0.2) is 0 Å². The predicted octanol–water partition coefficient (Wildman–Crippen LogP) is 2.20. The van der Waals surface area contributed by atoms with E-state index in [0.29, 0.717) is 5.41 Å². The first-order valence-corrected chi connectivity index (χ1v) is 9.85. The Morgan fingerprint density at radius 2 is 1.78 bits per heavy atom. The van der Waals surface area contributed by atoms with E-state index >= 15 is 0 Å². The third-order valence-corrected chi connectivity index (χ3v) is 6.85. The molecule has 4 fully saturated rings. The molecule has 0 bridgehead atoms. The highest BCUT2D eigenvalue weighted by Gasteiger charge is 2.44. The topological polar surface area (TPSA) is 26.8 Å². The first-order valence-electron chi connectivity index (χ1n) is 9.85. The highest BCUT2D eigenvalue weighted by Crippen LogP contribution is 2.42. The summed E-state index contributed by atoms with van der Waals surface area (Å²) < 4.78 is 0. The van der Waals surface area contributed by atoms with Crippen LogP contribution in [0, 0.1) is 11.3 Å². The quantitative estimate of drug-likeness (QED) is 0.798. The van der Waals surface area contributed by atoms with Crippen LogP contribution < -0.4 is 0 Å². The van der Waals surface area contributed by atoms with Crippen LogP contribution in [-0.2, 0) is 4.79 Å². The number of hydrogen-bond acceptors (Lipinski definition) is 3. The molecule has 0 aromatic heterocycles. The second-order valence-corrected chi connectivity index (χ2v) is 8.74. The highest BCUT2D eigenvalue weighted by molar-refractivity contribution is 5.73. The third-order valence-electron chi connectivity index (χ3n) is 6.85. The van der Waals surface area contributed by atoms with Crippen molar-refractivity contribution in [2.45, 2.75) is 57.9 Å². The molecule has 4 nitrogen and oxygen atoms in total. The monoisotopic (exact) mass is 319 g/mol. The van der Waals surface area contributed by atoms with Crippen molar-refractivity contribution in [3.8, 4) is 0 Å². The number of amides is 1. The van der Waals surface area contributed by atoms with E-state index in [1.165, 1.54) is 77.7 Å². The van der Waals surface area contributed by atoms with E-state index in [1.54, 1.807) is 6.92 Å². The lowest BCUT2D eigenvalue weighted by molar-refractivity contribution is -0.130. The molecule has 0 radical (unpaired) electrons. The average molecular weight is 319 g/mol. The average Bonchev–Trinajstić information content (AvgIpc) is 3.27. The van der Waals surface area contributed by atoms with E-state index in [0.717, 1.165) is 25.0 Å². The molecule has 1 amide bonds. The molecule has 1 aliphatic carbocycles. The van der Waals surface area contributed by atoms with Crippen molar-refractivity contribution in [1.29, 1.82) is 0 Å². The standard InChI is InChI=1S/C19H33N3O/c1-16(23)21-10-5-18(6-11-21)22-12-8-19(15-22)7-2-9-20(14-19)13-17-3-4-17/h17-18H,2-15H2,1H3. The lowest BCUT2D eigenvalue weighted by Gasteiger charge is -2.42. The van der Waals surface area contributed by atoms with Gasteiger partial charge >= 0.3 is 0 Å². The van der Waals surface area contributed by atoms with Crippen LogP contribution in [0.5, 0.6) is 0 Å². The van der Waals surface area contributed by atoms with Crippen molar-refractivity contribution in [2.24, 2.45) is 11.3 Å². The van der Waals surface area contributed by atoms with Gasteiger partial charge in [0.05, 0.1) is 0 Å². The van der Waals surface area contributed by atoms with Crippen LogP contribution in [0.1, 0.15) is 51.9 Å². The number of hydrogen-bond donors (Lipinski definition) is 0. The fourth-order valence-corrected chi connectivity index (χ4v) is 5.29. The summed E-state index contributed by atoms with van der Waals surface area (Å²) in [5, 5.41) is 0. The van der Waals surface area contributed by atoms with Gasteiger partial charge in [-0.15, -0.1) is 0 Å². The van der Waals surface area contributed by atoms with Gasteiger partial charge in [0, 0.05) is 45.7 Å². The van der Waals surface area contributed by atoms with Gasteiger partial charge < -0.3 is 9.80 Å². The minimum atomic E-state index is 0.254. The molecule has 3 heterocycles. The summed E-state index contributed by atoms with van der Waals surface area (Å²) in [6.45, 7) is 10.3. The van der Waals surface area contributed by atoms with Gasteiger partial charge in [0.1, 0.15) is 0 Å². The summed E-state index contributed by atoms with van der Waals surface area (Å²) in [7, 11) is 0. The molecule has 3 saturated heterocycles. The number of likely N-dealkylation sites (tertiary alicyclic amines) is 3. The van der Waals surface area contributed by atoms with Crippen LogP contribution in [0.3, 0.4) is 0 Å². The lowest BCUT2D eigenvalue weighted by Crippen LogP contribution is -2.48. The highest BCUT2D eigenvalue weighted by atomic mass is 16.2. The van der Waals surface area contributed by atoms with Gasteiger partial charge in [0.2, 0.25) is 5.91 Å². The van der Waals surface area contributed by atoms with Crippen molar-refractivity contribution in [3.05, 3.63) is 0 Å².